The number of hydrogen-bond donors (Lipinski definition) is 0. The first-order valence-corrected chi connectivity index (χ1v) is 12.9. The first kappa shape index (κ1) is 24.0. The maximum Gasteiger partial charge on any atom is 0.0281 e. The Labute approximate surface area is 199 Å². The van der Waals surface area contributed by atoms with Gasteiger partial charge in [-0.1, -0.05) is 107 Å². The Bertz CT molecular complexity index is 1090. The van der Waals surface area contributed by atoms with Crippen molar-refractivity contribution in [2.24, 2.45) is 5.92 Å². The van der Waals surface area contributed by atoms with Crippen molar-refractivity contribution >= 4 is 11.3 Å². The summed E-state index contributed by atoms with van der Waals surface area (Å²) in [4.78, 5) is 1.36. The van der Waals surface area contributed by atoms with Crippen LogP contribution in [0.15, 0.2) is 107 Å². The van der Waals surface area contributed by atoms with E-state index in [-0.39, 0.29) is 0 Å². The predicted octanol–water partition coefficient (Wildman–Crippen LogP) is 9.57. The summed E-state index contributed by atoms with van der Waals surface area (Å²) in [5, 5.41) is 2.26. The van der Waals surface area contributed by atoms with Crippen LogP contribution in [0.1, 0.15) is 51.0 Å². The van der Waals surface area contributed by atoms with Crippen LogP contribution in [0, 0.1) is 12.8 Å². The monoisotopic (exact) mass is 440 g/mol. The number of rotatable bonds is 4. The van der Waals surface area contributed by atoms with Gasteiger partial charge in [-0.3, -0.25) is 0 Å². The molecule has 1 aromatic heterocycles. The molecular formula is C31H36S. The molecule has 1 atom stereocenters. The molecule has 0 bridgehead atoms. The molecule has 1 heterocycles. The summed E-state index contributed by atoms with van der Waals surface area (Å²) in [6.07, 6.45) is 21.7. The second-order valence-electron chi connectivity index (χ2n) is 8.13. The summed E-state index contributed by atoms with van der Waals surface area (Å²) >= 11 is 1.82. The van der Waals surface area contributed by atoms with Gasteiger partial charge in [-0.15, -0.1) is 11.3 Å². The molecule has 1 unspecified atom stereocenters. The maximum absolute atomic E-state index is 2.35. The first-order chi connectivity index (χ1) is 15.7. The van der Waals surface area contributed by atoms with Gasteiger partial charge in [0.25, 0.3) is 0 Å². The zero-order chi connectivity index (χ0) is 22.9. The minimum absolute atomic E-state index is 0.418. The first-order valence-electron chi connectivity index (χ1n) is 12.0. The lowest BCUT2D eigenvalue weighted by molar-refractivity contribution is 0.909. The molecule has 2 aromatic rings. The fourth-order valence-corrected chi connectivity index (χ4v) is 4.94. The molecule has 0 aliphatic heterocycles. The third-order valence-corrected chi connectivity index (χ3v) is 6.44. The summed E-state index contributed by atoms with van der Waals surface area (Å²) in [5.74, 6) is 0.418. The summed E-state index contributed by atoms with van der Waals surface area (Å²) in [6.45, 7) is 10.4. The molecule has 0 spiro atoms. The molecule has 0 N–H and O–H groups in total. The molecule has 3 aliphatic rings. The molecule has 3 aliphatic carbocycles. The molecule has 0 amide bonds. The molecule has 0 saturated heterocycles. The topological polar surface area (TPSA) is 0 Å². The van der Waals surface area contributed by atoms with Gasteiger partial charge in [0.15, 0.2) is 0 Å². The number of aryl methyl sites for hydroxylation is 1. The lowest BCUT2D eigenvalue weighted by Gasteiger charge is -2.22. The van der Waals surface area contributed by atoms with Gasteiger partial charge in [0.05, 0.1) is 0 Å². The fourth-order valence-electron chi connectivity index (χ4n) is 4.23. The van der Waals surface area contributed by atoms with E-state index < -0.39 is 0 Å². The van der Waals surface area contributed by atoms with Gasteiger partial charge in [0.2, 0.25) is 0 Å². The second-order valence-corrected chi connectivity index (χ2v) is 9.24. The Morgan fingerprint density at radius 2 is 1.75 bits per heavy atom. The van der Waals surface area contributed by atoms with Crippen molar-refractivity contribution in [3.8, 4) is 11.1 Å². The van der Waals surface area contributed by atoms with Crippen LogP contribution in [0.3, 0.4) is 0 Å². The molecule has 0 nitrogen and oxygen atoms in total. The van der Waals surface area contributed by atoms with Crippen molar-refractivity contribution in [2.75, 3.05) is 0 Å². The van der Waals surface area contributed by atoms with Crippen molar-refractivity contribution in [2.45, 2.75) is 53.9 Å². The van der Waals surface area contributed by atoms with Gasteiger partial charge in [-0.05, 0) is 70.2 Å². The van der Waals surface area contributed by atoms with Crippen LogP contribution >= 0.6 is 11.3 Å². The molecule has 0 fully saturated rings. The van der Waals surface area contributed by atoms with Gasteiger partial charge >= 0.3 is 0 Å². The number of fused-ring (bicyclic) bond motifs is 1. The summed E-state index contributed by atoms with van der Waals surface area (Å²) in [5.41, 5.74) is 9.78. The molecule has 32 heavy (non-hydrogen) atoms. The fraction of sp³-hybridized carbons (Fsp3) is 0.290. The standard InChI is InChI=1S/C26H22S.C3H8.C2H6/c1-18-14-23(17-27-18)21-9-4-6-19(15-21)16-22-10-5-11-26-24(12-13-25(22)26)20-7-2-3-8-20;1-3-2;1-2/h2,4-15,17,26H,3,16H2,1H3;3H2,1-2H3;1-2H3. The van der Waals surface area contributed by atoms with Gasteiger partial charge in [0.1, 0.15) is 0 Å². The summed E-state index contributed by atoms with van der Waals surface area (Å²) < 4.78 is 0. The van der Waals surface area contributed by atoms with Gasteiger partial charge in [0, 0.05) is 10.8 Å². The molecule has 1 heteroatoms. The van der Waals surface area contributed by atoms with Crippen LogP contribution in [0.5, 0.6) is 0 Å². The predicted molar refractivity (Wildman–Crippen MR) is 144 cm³/mol. The largest absolute Gasteiger partial charge is 0.149 e. The average Bonchev–Trinajstić information content (AvgIpc) is 3.57. The third kappa shape index (κ3) is 5.58. The van der Waals surface area contributed by atoms with Crippen molar-refractivity contribution in [3.05, 3.63) is 117 Å². The summed E-state index contributed by atoms with van der Waals surface area (Å²) in [7, 11) is 0. The van der Waals surface area contributed by atoms with Gasteiger partial charge in [-0.2, -0.15) is 0 Å². The van der Waals surface area contributed by atoms with Crippen molar-refractivity contribution < 1.29 is 0 Å². The lowest BCUT2D eigenvalue weighted by atomic mass is 9.82. The van der Waals surface area contributed by atoms with Crippen LogP contribution in [-0.2, 0) is 6.42 Å². The van der Waals surface area contributed by atoms with E-state index in [1.54, 1.807) is 0 Å². The van der Waals surface area contributed by atoms with Crippen molar-refractivity contribution in [1.82, 2.24) is 0 Å². The average molecular weight is 441 g/mol. The van der Waals surface area contributed by atoms with Crippen molar-refractivity contribution in [1.29, 1.82) is 0 Å². The minimum Gasteiger partial charge on any atom is -0.149 e. The van der Waals surface area contributed by atoms with E-state index in [1.807, 2.05) is 25.2 Å². The van der Waals surface area contributed by atoms with Crippen LogP contribution in [0.2, 0.25) is 0 Å². The highest BCUT2D eigenvalue weighted by Crippen LogP contribution is 2.41. The molecule has 5 rings (SSSR count). The Hall–Kier alpha value is -2.64. The van der Waals surface area contributed by atoms with E-state index in [0.717, 1.165) is 12.8 Å². The quantitative estimate of drug-likeness (QED) is 0.444. The summed E-state index contributed by atoms with van der Waals surface area (Å²) in [6, 6.07) is 11.3. The van der Waals surface area contributed by atoms with E-state index >= 15 is 0 Å². The van der Waals surface area contributed by atoms with Crippen LogP contribution in [-0.4, -0.2) is 0 Å². The number of thiophene rings is 1. The SMILES string of the molecule is CC.CCC.Cc1cc(-c2cccc(CC3=CC=CC4C(C5=CCC=C5)=CC=C34)c2)cs1. The van der Waals surface area contributed by atoms with E-state index in [2.05, 4.69) is 105 Å². The third-order valence-electron chi connectivity index (χ3n) is 5.57. The Morgan fingerprint density at radius 1 is 0.969 bits per heavy atom. The number of benzene rings is 1. The van der Waals surface area contributed by atoms with E-state index in [1.165, 1.54) is 50.3 Å². The highest BCUT2D eigenvalue weighted by atomic mass is 32.1. The van der Waals surface area contributed by atoms with Gasteiger partial charge in [-0.25, -0.2) is 0 Å². The van der Waals surface area contributed by atoms with E-state index in [9.17, 15) is 0 Å². The van der Waals surface area contributed by atoms with Gasteiger partial charge < -0.3 is 0 Å². The maximum atomic E-state index is 2.35. The van der Waals surface area contributed by atoms with Crippen LogP contribution in [0.4, 0.5) is 0 Å². The Kier molecular flexibility index (Phi) is 8.88. The molecule has 0 radical (unpaired) electrons. The number of hydrogen-bond acceptors (Lipinski definition) is 1. The molecule has 1 aromatic carbocycles. The zero-order valence-electron chi connectivity index (χ0n) is 20.2. The van der Waals surface area contributed by atoms with Crippen molar-refractivity contribution in [3.63, 3.8) is 0 Å². The zero-order valence-corrected chi connectivity index (χ0v) is 21.0. The minimum atomic E-state index is 0.418. The Balaban J connectivity index is 0.000000536. The van der Waals surface area contributed by atoms with Crippen LogP contribution in [0.25, 0.3) is 11.1 Å². The highest BCUT2D eigenvalue weighted by Gasteiger charge is 2.26. The highest BCUT2D eigenvalue weighted by molar-refractivity contribution is 7.10. The molecular weight excluding hydrogens is 404 g/mol. The molecule has 166 valence electrons. The smallest absolute Gasteiger partial charge is 0.0281 e. The van der Waals surface area contributed by atoms with E-state index in [4.69, 9.17) is 0 Å². The normalized spacial score (nSPS) is 17.8. The molecule has 0 saturated carbocycles. The second kappa shape index (κ2) is 11.8. The Morgan fingerprint density at radius 3 is 2.44 bits per heavy atom. The van der Waals surface area contributed by atoms with Crippen LogP contribution < -0.4 is 0 Å². The van der Waals surface area contributed by atoms with E-state index in [0.29, 0.717) is 5.92 Å². The number of allylic oxidation sites excluding steroid dienone is 12. The lowest BCUT2D eigenvalue weighted by Crippen LogP contribution is -2.09.